The first-order valence-corrected chi connectivity index (χ1v) is 7.89. The number of benzene rings is 1. The van der Waals surface area contributed by atoms with Gasteiger partial charge in [-0.25, -0.2) is 8.42 Å². The summed E-state index contributed by atoms with van der Waals surface area (Å²) >= 11 is 0. The summed E-state index contributed by atoms with van der Waals surface area (Å²) < 4.78 is 28.1. The number of hydrogen-bond acceptors (Lipinski definition) is 4. The third-order valence-corrected chi connectivity index (χ3v) is 3.80. The monoisotopic (exact) mass is 285 g/mol. The Morgan fingerprint density at radius 3 is 2.37 bits per heavy atom. The molecule has 0 aromatic heterocycles. The summed E-state index contributed by atoms with van der Waals surface area (Å²) in [4.78, 5) is 10.9. The van der Waals surface area contributed by atoms with Crippen LogP contribution in [0.15, 0.2) is 29.2 Å². The minimum atomic E-state index is -3.18. The van der Waals surface area contributed by atoms with Crippen LogP contribution < -0.4 is 10.5 Å². The van der Waals surface area contributed by atoms with Crippen molar-refractivity contribution in [1.82, 2.24) is 0 Å². The van der Waals surface area contributed by atoms with E-state index in [1.54, 1.807) is 12.1 Å². The average Bonchev–Trinajstić information content (AvgIpc) is 2.33. The second-order valence-electron chi connectivity index (χ2n) is 4.66. The highest BCUT2D eigenvalue weighted by molar-refractivity contribution is 7.90. The van der Waals surface area contributed by atoms with E-state index in [-0.39, 0.29) is 16.7 Å². The standard InChI is InChI=1S/C13H19NO4S/c1-10(3-8-13(14)15)9-18-11-4-6-12(7-5-11)19(2,16)17/h4-7,10H,3,8-9H2,1-2H3,(H2,14,15)/t10-/m0/s1. The van der Waals surface area contributed by atoms with Crippen LogP contribution in [0.25, 0.3) is 0 Å². The van der Waals surface area contributed by atoms with Crippen LogP contribution in [0.2, 0.25) is 0 Å². The predicted molar refractivity (Wildman–Crippen MR) is 72.6 cm³/mol. The number of hydrogen-bond donors (Lipinski definition) is 1. The van der Waals surface area contributed by atoms with E-state index in [0.29, 0.717) is 25.2 Å². The van der Waals surface area contributed by atoms with Crippen molar-refractivity contribution in [3.05, 3.63) is 24.3 Å². The summed E-state index contributed by atoms with van der Waals surface area (Å²) in [6.07, 6.45) is 2.18. The van der Waals surface area contributed by atoms with Crippen molar-refractivity contribution in [2.45, 2.75) is 24.7 Å². The van der Waals surface area contributed by atoms with E-state index in [4.69, 9.17) is 10.5 Å². The second-order valence-corrected chi connectivity index (χ2v) is 6.68. The molecule has 0 fully saturated rings. The maximum absolute atomic E-state index is 11.3. The van der Waals surface area contributed by atoms with Gasteiger partial charge < -0.3 is 10.5 Å². The van der Waals surface area contributed by atoms with Gasteiger partial charge in [0.2, 0.25) is 5.91 Å². The summed E-state index contributed by atoms with van der Waals surface area (Å²) in [6.45, 7) is 2.43. The molecule has 1 amide bonds. The van der Waals surface area contributed by atoms with Crippen molar-refractivity contribution < 1.29 is 17.9 Å². The molecule has 1 aromatic rings. The van der Waals surface area contributed by atoms with Crippen LogP contribution in [0.3, 0.4) is 0 Å². The van der Waals surface area contributed by atoms with Crippen LogP contribution in [0.1, 0.15) is 19.8 Å². The molecule has 0 spiro atoms. The topological polar surface area (TPSA) is 86.5 Å². The molecule has 0 aliphatic carbocycles. The summed E-state index contributed by atoms with van der Waals surface area (Å²) in [5.41, 5.74) is 5.07. The van der Waals surface area contributed by atoms with Crippen molar-refractivity contribution in [3.8, 4) is 5.75 Å². The van der Waals surface area contributed by atoms with Gasteiger partial charge in [0, 0.05) is 12.7 Å². The van der Waals surface area contributed by atoms with Crippen molar-refractivity contribution in [1.29, 1.82) is 0 Å². The Morgan fingerprint density at radius 2 is 1.89 bits per heavy atom. The van der Waals surface area contributed by atoms with Crippen LogP contribution in [0.5, 0.6) is 5.75 Å². The Labute approximate surface area is 113 Å². The fourth-order valence-corrected chi connectivity index (χ4v) is 2.12. The van der Waals surface area contributed by atoms with E-state index < -0.39 is 9.84 Å². The zero-order valence-electron chi connectivity index (χ0n) is 11.1. The van der Waals surface area contributed by atoms with E-state index in [1.807, 2.05) is 6.92 Å². The number of primary amides is 1. The molecule has 0 saturated heterocycles. The molecular formula is C13H19NO4S. The largest absolute Gasteiger partial charge is 0.493 e. The molecule has 5 nitrogen and oxygen atoms in total. The molecule has 1 atom stereocenters. The third-order valence-electron chi connectivity index (χ3n) is 2.67. The van der Waals surface area contributed by atoms with E-state index in [1.165, 1.54) is 12.1 Å². The highest BCUT2D eigenvalue weighted by Gasteiger charge is 2.08. The van der Waals surface area contributed by atoms with E-state index >= 15 is 0 Å². The third kappa shape index (κ3) is 5.74. The first-order chi connectivity index (χ1) is 8.79. The Hall–Kier alpha value is -1.56. The van der Waals surface area contributed by atoms with Gasteiger partial charge in [-0.05, 0) is 36.6 Å². The van der Waals surface area contributed by atoms with Gasteiger partial charge in [-0.15, -0.1) is 0 Å². The van der Waals surface area contributed by atoms with E-state index in [0.717, 1.165) is 6.26 Å². The molecule has 1 aromatic carbocycles. The Bertz CT molecular complexity index is 522. The number of rotatable bonds is 7. The molecule has 1 rings (SSSR count). The van der Waals surface area contributed by atoms with E-state index in [9.17, 15) is 13.2 Å². The van der Waals surface area contributed by atoms with Crippen LogP contribution in [0, 0.1) is 5.92 Å². The Balaban J connectivity index is 2.48. The zero-order chi connectivity index (χ0) is 14.5. The van der Waals surface area contributed by atoms with Gasteiger partial charge >= 0.3 is 0 Å². The molecule has 106 valence electrons. The van der Waals surface area contributed by atoms with Crippen molar-refractivity contribution in [2.24, 2.45) is 11.7 Å². The highest BCUT2D eigenvalue weighted by Crippen LogP contribution is 2.17. The number of ether oxygens (including phenoxy) is 1. The molecule has 2 N–H and O–H groups in total. The van der Waals surface area contributed by atoms with E-state index in [2.05, 4.69) is 0 Å². The Morgan fingerprint density at radius 1 is 1.32 bits per heavy atom. The highest BCUT2D eigenvalue weighted by atomic mass is 32.2. The van der Waals surface area contributed by atoms with Gasteiger partial charge in [0.1, 0.15) is 5.75 Å². The zero-order valence-corrected chi connectivity index (χ0v) is 11.9. The molecule has 0 unspecified atom stereocenters. The maximum Gasteiger partial charge on any atom is 0.217 e. The van der Waals surface area contributed by atoms with Crippen LogP contribution in [-0.4, -0.2) is 27.2 Å². The van der Waals surface area contributed by atoms with Gasteiger partial charge in [-0.2, -0.15) is 0 Å². The van der Waals surface area contributed by atoms with Gasteiger partial charge in [0.05, 0.1) is 11.5 Å². The van der Waals surface area contributed by atoms with Gasteiger partial charge in [0.25, 0.3) is 0 Å². The predicted octanol–water partition coefficient (Wildman–Crippen LogP) is 1.37. The van der Waals surface area contributed by atoms with Gasteiger partial charge in [-0.1, -0.05) is 6.92 Å². The van der Waals surface area contributed by atoms with Crippen LogP contribution in [-0.2, 0) is 14.6 Å². The summed E-state index contributed by atoms with van der Waals surface area (Å²) in [5.74, 6) is 0.504. The minimum absolute atomic E-state index is 0.210. The SMILES string of the molecule is C[C@@H](CCC(N)=O)COc1ccc(S(C)(=O)=O)cc1. The van der Waals surface area contributed by atoms with Crippen molar-refractivity contribution in [3.63, 3.8) is 0 Å². The molecule has 0 saturated carbocycles. The summed E-state index contributed by atoms with van der Waals surface area (Å²) in [6, 6.07) is 6.27. The molecule has 0 aliphatic heterocycles. The van der Waals surface area contributed by atoms with Crippen LogP contribution >= 0.6 is 0 Å². The smallest absolute Gasteiger partial charge is 0.217 e. The molecule has 19 heavy (non-hydrogen) atoms. The second kappa shape index (κ2) is 6.56. The van der Waals surface area contributed by atoms with Crippen molar-refractivity contribution in [2.75, 3.05) is 12.9 Å². The lowest BCUT2D eigenvalue weighted by atomic mass is 10.1. The quantitative estimate of drug-likeness (QED) is 0.819. The number of nitrogens with two attached hydrogens (primary N) is 1. The van der Waals surface area contributed by atoms with Crippen LogP contribution in [0.4, 0.5) is 0 Å². The number of carbonyl (C=O) groups is 1. The fourth-order valence-electron chi connectivity index (χ4n) is 1.49. The number of sulfone groups is 1. The Kier molecular flexibility index (Phi) is 5.35. The molecule has 6 heteroatoms. The molecule has 0 bridgehead atoms. The fraction of sp³-hybridized carbons (Fsp3) is 0.462. The molecular weight excluding hydrogens is 266 g/mol. The first-order valence-electron chi connectivity index (χ1n) is 6.00. The summed E-state index contributed by atoms with van der Waals surface area (Å²) in [7, 11) is -3.18. The van der Waals surface area contributed by atoms with Gasteiger partial charge in [-0.3, -0.25) is 4.79 Å². The normalized spacial score (nSPS) is 12.9. The lowest BCUT2D eigenvalue weighted by Gasteiger charge is -2.12. The molecule has 0 aliphatic rings. The average molecular weight is 285 g/mol. The summed E-state index contributed by atoms with van der Waals surface area (Å²) in [5, 5.41) is 0. The maximum atomic E-state index is 11.3. The van der Waals surface area contributed by atoms with Gasteiger partial charge in [0.15, 0.2) is 9.84 Å². The molecule has 0 heterocycles. The first kappa shape index (κ1) is 15.5. The minimum Gasteiger partial charge on any atom is -0.493 e. The number of amides is 1. The molecule has 0 radical (unpaired) electrons. The lowest BCUT2D eigenvalue weighted by molar-refractivity contribution is -0.118. The number of carbonyl (C=O) groups excluding carboxylic acids is 1. The lowest BCUT2D eigenvalue weighted by Crippen LogP contribution is -2.15. The van der Waals surface area contributed by atoms with Crippen molar-refractivity contribution >= 4 is 15.7 Å².